The quantitative estimate of drug-likeness (QED) is 0.821. The van der Waals surface area contributed by atoms with Crippen LogP contribution in [0.5, 0.6) is 0 Å². The molecule has 2 bridgehead atoms. The topological polar surface area (TPSA) is 35.5 Å². The molecule has 3 saturated heterocycles. The lowest BCUT2D eigenvalue weighted by atomic mass is 9.91. The largest absolute Gasteiger partial charge is 0.332 e. The number of hydrogen-bond acceptors (Lipinski definition) is 5. The first-order valence-corrected chi connectivity index (χ1v) is 10.3. The molecule has 3 aliphatic rings. The van der Waals surface area contributed by atoms with E-state index in [0.717, 1.165) is 19.0 Å². The molecule has 2 unspecified atom stereocenters. The number of likely N-dealkylation sites (N-methyl/N-ethyl adjacent to an activating group) is 1. The van der Waals surface area contributed by atoms with Gasteiger partial charge in [0.1, 0.15) is 0 Å². The second-order valence-corrected chi connectivity index (χ2v) is 8.30. The highest BCUT2D eigenvalue weighted by Gasteiger charge is 2.40. The first-order chi connectivity index (χ1) is 12.2. The van der Waals surface area contributed by atoms with Gasteiger partial charge in [0, 0.05) is 37.6 Å². The molecule has 3 fully saturated rings. The monoisotopic (exact) mass is 343 g/mol. The van der Waals surface area contributed by atoms with Gasteiger partial charge in [-0.15, -0.1) is 0 Å². The van der Waals surface area contributed by atoms with Crippen LogP contribution >= 0.6 is 0 Å². The molecule has 4 heterocycles. The van der Waals surface area contributed by atoms with E-state index in [0.29, 0.717) is 18.0 Å². The van der Waals surface area contributed by atoms with E-state index in [4.69, 9.17) is 9.97 Å². The van der Waals surface area contributed by atoms with E-state index in [1.807, 2.05) is 0 Å². The summed E-state index contributed by atoms with van der Waals surface area (Å²) in [4.78, 5) is 17.2. The normalized spacial score (nSPS) is 28.6. The molecule has 138 valence electrons. The van der Waals surface area contributed by atoms with Gasteiger partial charge in [0.2, 0.25) is 5.95 Å². The molecule has 1 aromatic rings. The summed E-state index contributed by atoms with van der Waals surface area (Å²) in [5.41, 5.74) is 1.35. The summed E-state index contributed by atoms with van der Waals surface area (Å²) < 4.78 is 0. The van der Waals surface area contributed by atoms with Crippen molar-refractivity contribution >= 4 is 5.95 Å². The summed E-state index contributed by atoms with van der Waals surface area (Å²) in [6, 6.07) is 1.22. The van der Waals surface area contributed by atoms with Crippen molar-refractivity contribution in [2.24, 2.45) is 0 Å². The summed E-state index contributed by atoms with van der Waals surface area (Å²) in [7, 11) is 2.24. The lowest BCUT2D eigenvalue weighted by Gasteiger charge is -2.39. The Morgan fingerprint density at radius 1 is 1.00 bits per heavy atom. The van der Waals surface area contributed by atoms with Crippen LogP contribution in [0, 0.1) is 0 Å². The zero-order valence-electron chi connectivity index (χ0n) is 15.9. The van der Waals surface area contributed by atoms with Gasteiger partial charge in [0.05, 0.1) is 0 Å². The van der Waals surface area contributed by atoms with Crippen molar-refractivity contribution in [2.45, 2.75) is 63.5 Å². The van der Waals surface area contributed by atoms with E-state index in [9.17, 15) is 0 Å². The highest BCUT2D eigenvalue weighted by atomic mass is 15.4. The third-order valence-electron chi connectivity index (χ3n) is 6.44. The van der Waals surface area contributed by atoms with Crippen LogP contribution in [-0.2, 0) is 0 Å². The zero-order valence-corrected chi connectivity index (χ0v) is 15.9. The zero-order chi connectivity index (χ0) is 17.2. The number of hydrogen-bond donors (Lipinski definition) is 0. The molecule has 0 radical (unpaired) electrons. The molecule has 5 heteroatoms. The van der Waals surface area contributed by atoms with Crippen LogP contribution in [0.3, 0.4) is 0 Å². The van der Waals surface area contributed by atoms with Crippen molar-refractivity contribution in [2.75, 3.05) is 44.7 Å². The number of nitrogens with zero attached hydrogens (tertiary/aromatic N) is 5. The number of aromatic nitrogens is 2. The van der Waals surface area contributed by atoms with Crippen LogP contribution < -0.4 is 4.90 Å². The van der Waals surface area contributed by atoms with Crippen LogP contribution in [0.25, 0.3) is 0 Å². The van der Waals surface area contributed by atoms with Gasteiger partial charge in [-0.1, -0.05) is 13.3 Å². The lowest BCUT2D eigenvalue weighted by molar-refractivity contribution is 0.209. The summed E-state index contributed by atoms with van der Waals surface area (Å²) in [5.74, 6) is 1.61. The summed E-state index contributed by atoms with van der Waals surface area (Å²) in [6.45, 7) is 8.31. The Balaban J connectivity index is 1.37. The van der Waals surface area contributed by atoms with Gasteiger partial charge in [0.25, 0.3) is 0 Å². The van der Waals surface area contributed by atoms with Crippen molar-refractivity contribution in [3.05, 3.63) is 18.0 Å². The van der Waals surface area contributed by atoms with Gasteiger partial charge >= 0.3 is 0 Å². The third-order valence-corrected chi connectivity index (χ3v) is 6.44. The molecule has 0 spiro atoms. The maximum absolute atomic E-state index is 4.79. The molecule has 0 saturated carbocycles. The van der Waals surface area contributed by atoms with Crippen LogP contribution in [0.15, 0.2) is 12.4 Å². The lowest BCUT2D eigenvalue weighted by Crippen LogP contribution is -2.53. The summed E-state index contributed by atoms with van der Waals surface area (Å²) >= 11 is 0. The van der Waals surface area contributed by atoms with Crippen LogP contribution in [-0.4, -0.2) is 71.6 Å². The Hall–Kier alpha value is -1.20. The molecule has 1 aromatic heterocycles. The smallest absolute Gasteiger partial charge is 0.225 e. The minimum Gasteiger partial charge on any atom is -0.332 e. The third kappa shape index (κ3) is 3.68. The first-order valence-electron chi connectivity index (χ1n) is 10.3. The van der Waals surface area contributed by atoms with Crippen LogP contribution in [0.4, 0.5) is 5.95 Å². The maximum atomic E-state index is 4.79. The second-order valence-electron chi connectivity index (χ2n) is 8.30. The molecular formula is C20H33N5. The Labute approximate surface area is 152 Å². The van der Waals surface area contributed by atoms with Crippen LogP contribution in [0.2, 0.25) is 0 Å². The Morgan fingerprint density at radius 2 is 1.64 bits per heavy atom. The molecule has 0 aliphatic carbocycles. The number of piperazine rings is 1. The van der Waals surface area contributed by atoms with Crippen molar-refractivity contribution < 1.29 is 0 Å². The van der Waals surface area contributed by atoms with Gasteiger partial charge in [-0.25, -0.2) is 9.97 Å². The minimum absolute atomic E-state index is 0.608. The first kappa shape index (κ1) is 17.2. The van der Waals surface area contributed by atoms with Crippen molar-refractivity contribution in [1.82, 2.24) is 19.8 Å². The average molecular weight is 344 g/mol. The molecular weight excluding hydrogens is 310 g/mol. The predicted molar refractivity (Wildman–Crippen MR) is 102 cm³/mol. The number of anilines is 1. The fourth-order valence-corrected chi connectivity index (χ4v) is 4.99. The van der Waals surface area contributed by atoms with E-state index >= 15 is 0 Å². The van der Waals surface area contributed by atoms with E-state index in [2.05, 4.69) is 41.1 Å². The molecule has 3 aliphatic heterocycles. The standard InChI is InChI=1S/C20H33N5/c1-3-4-9-24-10-7-16(8-11-24)17-12-21-20(22-13-17)25-18-5-6-19(25)15-23(2)14-18/h12-13,16,18-19H,3-11,14-15H2,1-2H3. The number of fused-ring (bicyclic) bond motifs is 2. The fourth-order valence-electron chi connectivity index (χ4n) is 4.99. The SMILES string of the molecule is CCCCN1CCC(c2cnc(N3C4CCC3CN(C)C4)nc2)CC1. The minimum atomic E-state index is 0.608. The highest BCUT2D eigenvalue weighted by Crippen LogP contribution is 2.33. The van der Waals surface area contributed by atoms with E-state index in [1.54, 1.807) is 0 Å². The van der Waals surface area contributed by atoms with Crippen molar-refractivity contribution in [3.63, 3.8) is 0 Å². The fraction of sp³-hybridized carbons (Fsp3) is 0.800. The summed E-state index contributed by atoms with van der Waals surface area (Å²) in [6.07, 6.45) is 11.9. The number of rotatable bonds is 5. The maximum Gasteiger partial charge on any atom is 0.225 e. The van der Waals surface area contributed by atoms with Gasteiger partial charge < -0.3 is 14.7 Å². The molecule has 0 aromatic carbocycles. The molecule has 4 rings (SSSR count). The predicted octanol–water partition coefficient (Wildman–Crippen LogP) is 2.74. The molecule has 0 amide bonds. The second kappa shape index (κ2) is 7.58. The number of likely N-dealkylation sites (tertiary alicyclic amines) is 2. The molecule has 2 atom stereocenters. The van der Waals surface area contributed by atoms with Gasteiger partial charge in [-0.3, -0.25) is 0 Å². The average Bonchev–Trinajstić information content (AvgIpc) is 2.92. The van der Waals surface area contributed by atoms with Crippen molar-refractivity contribution in [3.8, 4) is 0 Å². The van der Waals surface area contributed by atoms with Gasteiger partial charge in [-0.05, 0) is 70.3 Å². The van der Waals surface area contributed by atoms with E-state index < -0.39 is 0 Å². The van der Waals surface area contributed by atoms with Crippen LogP contribution in [0.1, 0.15) is 56.9 Å². The van der Waals surface area contributed by atoms with Crippen molar-refractivity contribution in [1.29, 1.82) is 0 Å². The molecule has 25 heavy (non-hydrogen) atoms. The van der Waals surface area contributed by atoms with E-state index in [-0.39, 0.29) is 0 Å². The molecule has 0 N–H and O–H groups in total. The van der Waals surface area contributed by atoms with Gasteiger partial charge in [-0.2, -0.15) is 0 Å². The summed E-state index contributed by atoms with van der Waals surface area (Å²) in [5, 5.41) is 0. The van der Waals surface area contributed by atoms with Gasteiger partial charge in [0.15, 0.2) is 0 Å². The highest BCUT2D eigenvalue weighted by molar-refractivity contribution is 5.38. The Morgan fingerprint density at radius 3 is 2.24 bits per heavy atom. The number of piperidine rings is 1. The molecule has 5 nitrogen and oxygen atoms in total. The van der Waals surface area contributed by atoms with E-state index in [1.165, 1.54) is 63.7 Å². The Kier molecular flexibility index (Phi) is 5.23. The Bertz CT molecular complexity index is 538. The number of unbranched alkanes of at least 4 members (excludes halogenated alkanes) is 1.